The topological polar surface area (TPSA) is 29.9 Å². The first-order chi connectivity index (χ1) is 10.6. The molecule has 2 heterocycles. The Morgan fingerprint density at radius 1 is 1.14 bits per heavy atom. The molecule has 0 atom stereocenters. The number of fused-ring (bicyclic) bond motifs is 1. The Balaban J connectivity index is 1.97. The van der Waals surface area contributed by atoms with E-state index in [-0.39, 0.29) is 5.82 Å². The monoisotopic (exact) mass is 297 g/mol. The molecular weight excluding hydrogens is 277 g/mol. The summed E-state index contributed by atoms with van der Waals surface area (Å²) in [6.45, 7) is 7.96. The largest absolute Gasteiger partial charge is 0.364 e. The van der Waals surface area contributed by atoms with Gasteiger partial charge in [0, 0.05) is 30.4 Å². The first-order valence-electron chi connectivity index (χ1n) is 7.54. The van der Waals surface area contributed by atoms with Crippen LogP contribution in [0.2, 0.25) is 0 Å². The van der Waals surface area contributed by atoms with Gasteiger partial charge in [0.2, 0.25) is 0 Å². The predicted octanol–water partition coefficient (Wildman–Crippen LogP) is 4.42. The van der Waals surface area contributed by atoms with Crippen LogP contribution in [-0.2, 0) is 13.1 Å². The van der Waals surface area contributed by atoms with Gasteiger partial charge in [-0.2, -0.15) is 0 Å². The fourth-order valence-corrected chi connectivity index (χ4v) is 2.91. The standard InChI is InChI=1S/C18H20FN3/c1-4-22-13(3)12(2)16-9-10-20-18(17(16)22)21-11-14-5-7-15(19)8-6-14/h5-10H,4,11H2,1-3H3,(H,20,21). The number of pyridine rings is 1. The normalized spacial score (nSPS) is 11.1. The number of rotatable bonds is 4. The van der Waals surface area contributed by atoms with Crippen molar-refractivity contribution >= 4 is 16.7 Å². The fourth-order valence-electron chi connectivity index (χ4n) is 2.91. The van der Waals surface area contributed by atoms with Crippen LogP contribution in [-0.4, -0.2) is 9.55 Å². The molecule has 0 radical (unpaired) electrons. The Morgan fingerprint density at radius 3 is 2.55 bits per heavy atom. The second-order valence-electron chi connectivity index (χ2n) is 5.49. The van der Waals surface area contributed by atoms with Crippen LogP contribution in [0.4, 0.5) is 10.2 Å². The third-order valence-electron chi connectivity index (χ3n) is 4.24. The Morgan fingerprint density at radius 2 is 1.86 bits per heavy atom. The molecule has 3 rings (SSSR count). The number of nitrogens with zero attached hydrogens (tertiary/aromatic N) is 2. The van der Waals surface area contributed by atoms with Gasteiger partial charge in [0.25, 0.3) is 0 Å². The molecule has 0 aliphatic rings. The van der Waals surface area contributed by atoms with Crippen molar-refractivity contribution in [1.82, 2.24) is 9.55 Å². The van der Waals surface area contributed by atoms with Crippen LogP contribution in [0.5, 0.6) is 0 Å². The number of nitrogens with one attached hydrogen (secondary N) is 1. The van der Waals surface area contributed by atoms with Crippen LogP contribution in [0.1, 0.15) is 23.7 Å². The summed E-state index contributed by atoms with van der Waals surface area (Å²) in [5.74, 6) is 0.662. The zero-order valence-electron chi connectivity index (χ0n) is 13.2. The minimum atomic E-state index is -0.213. The summed E-state index contributed by atoms with van der Waals surface area (Å²) in [5.41, 5.74) is 4.74. The number of anilines is 1. The molecule has 114 valence electrons. The number of aromatic nitrogens is 2. The van der Waals surface area contributed by atoms with E-state index < -0.39 is 0 Å². The highest BCUT2D eigenvalue weighted by Crippen LogP contribution is 2.29. The Kier molecular flexibility index (Phi) is 3.84. The van der Waals surface area contributed by atoms with Crippen LogP contribution >= 0.6 is 0 Å². The summed E-state index contributed by atoms with van der Waals surface area (Å²) in [7, 11) is 0. The van der Waals surface area contributed by atoms with Crippen molar-refractivity contribution in [2.75, 3.05) is 5.32 Å². The van der Waals surface area contributed by atoms with Crippen LogP contribution in [0.25, 0.3) is 10.9 Å². The molecule has 0 aliphatic heterocycles. The number of halogens is 1. The van der Waals surface area contributed by atoms with Crippen molar-refractivity contribution in [3.63, 3.8) is 0 Å². The Hall–Kier alpha value is -2.36. The van der Waals surface area contributed by atoms with E-state index in [0.717, 1.165) is 23.4 Å². The smallest absolute Gasteiger partial charge is 0.150 e. The summed E-state index contributed by atoms with van der Waals surface area (Å²) in [5, 5.41) is 4.62. The van der Waals surface area contributed by atoms with Crippen LogP contribution in [0, 0.1) is 19.7 Å². The molecule has 4 heteroatoms. The number of hydrogen-bond donors (Lipinski definition) is 1. The molecule has 0 saturated heterocycles. The summed E-state index contributed by atoms with van der Waals surface area (Å²) in [6, 6.07) is 8.60. The second kappa shape index (κ2) is 5.79. The first-order valence-corrected chi connectivity index (χ1v) is 7.54. The van der Waals surface area contributed by atoms with E-state index in [0.29, 0.717) is 6.54 Å². The fraction of sp³-hybridized carbons (Fsp3) is 0.278. The predicted molar refractivity (Wildman–Crippen MR) is 88.6 cm³/mol. The van der Waals surface area contributed by atoms with E-state index in [4.69, 9.17) is 0 Å². The van der Waals surface area contributed by atoms with Crippen molar-refractivity contribution in [1.29, 1.82) is 0 Å². The molecule has 0 spiro atoms. The van der Waals surface area contributed by atoms with Crippen molar-refractivity contribution < 1.29 is 4.39 Å². The molecule has 0 fully saturated rings. The van der Waals surface area contributed by atoms with Gasteiger partial charge in [0.15, 0.2) is 5.82 Å². The molecule has 0 aliphatic carbocycles. The number of hydrogen-bond acceptors (Lipinski definition) is 2. The highest BCUT2D eigenvalue weighted by atomic mass is 19.1. The zero-order valence-corrected chi connectivity index (χ0v) is 13.2. The van der Waals surface area contributed by atoms with Gasteiger partial charge in [-0.05, 0) is 50.1 Å². The molecule has 1 aromatic carbocycles. The van der Waals surface area contributed by atoms with E-state index in [1.165, 1.54) is 28.8 Å². The van der Waals surface area contributed by atoms with Gasteiger partial charge in [-0.3, -0.25) is 0 Å². The van der Waals surface area contributed by atoms with Gasteiger partial charge < -0.3 is 9.88 Å². The SMILES string of the molecule is CCn1c(C)c(C)c2ccnc(NCc3ccc(F)cc3)c21. The molecule has 0 unspecified atom stereocenters. The molecule has 3 nitrogen and oxygen atoms in total. The molecule has 1 N–H and O–H groups in total. The first kappa shape index (κ1) is 14.6. The van der Waals surface area contributed by atoms with Gasteiger partial charge in [-0.15, -0.1) is 0 Å². The third-order valence-corrected chi connectivity index (χ3v) is 4.24. The van der Waals surface area contributed by atoms with E-state index >= 15 is 0 Å². The highest BCUT2D eigenvalue weighted by Gasteiger charge is 2.13. The zero-order chi connectivity index (χ0) is 15.7. The number of benzene rings is 1. The molecule has 0 bridgehead atoms. The quantitative estimate of drug-likeness (QED) is 0.772. The van der Waals surface area contributed by atoms with Crippen LogP contribution < -0.4 is 5.32 Å². The summed E-state index contributed by atoms with van der Waals surface area (Å²) < 4.78 is 15.3. The van der Waals surface area contributed by atoms with E-state index in [9.17, 15) is 4.39 Å². The van der Waals surface area contributed by atoms with E-state index in [2.05, 4.69) is 41.7 Å². The summed E-state index contributed by atoms with van der Waals surface area (Å²) in [4.78, 5) is 4.50. The minimum Gasteiger partial charge on any atom is -0.364 e. The second-order valence-corrected chi connectivity index (χ2v) is 5.49. The van der Waals surface area contributed by atoms with E-state index in [1.54, 1.807) is 12.1 Å². The molecule has 2 aromatic heterocycles. The Labute approximate surface area is 129 Å². The van der Waals surface area contributed by atoms with Gasteiger partial charge >= 0.3 is 0 Å². The summed E-state index contributed by atoms with van der Waals surface area (Å²) in [6.07, 6.45) is 1.84. The average Bonchev–Trinajstić information content (AvgIpc) is 2.79. The Bertz CT molecular complexity index is 803. The van der Waals surface area contributed by atoms with Gasteiger partial charge in [-0.25, -0.2) is 9.37 Å². The van der Waals surface area contributed by atoms with Gasteiger partial charge in [-0.1, -0.05) is 12.1 Å². The van der Waals surface area contributed by atoms with E-state index in [1.807, 2.05) is 6.20 Å². The number of aryl methyl sites for hydroxylation is 2. The molecule has 0 amide bonds. The lowest BCUT2D eigenvalue weighted by atomic mass is 10.2. The van der Waals surface area contributed by atoms with Gasteiger partial charge in [0.1, 0.15) is 5.82 Å². The van der Waals surface area contributed by atoms with Crippen molar-refractivity contribution in [2.24, 2.45) is 0 Å². The summed E-state index contributed by atoms with van der Waals surface area (Å²) >= 11 is 0. The van der Waals surface area contributed by atoms with Crippen LogP contribution in [0.15, 0.2) is 36.5 Å². The lowest BCUT2D eigenvalue weighted by Gasteiger charge is -2.10. The molecule has 0 saturated carbocycles. The maximum absolute atomic E-state index is 13.0. The maximum Gasteiger partial charge on any atom is 0.150 e. The molecular formula is C18H20FN3. The lowest BCUT2D eigenvalue weighted by molar-refractivity contribution is 0.627. The highest BCUT2D eigenvalue weighted by molar-refractivity contribution is 5.93. The van der Waals surface area contributed by atoms with Crippen molar-refractivity contribution in [3.05, 3.63) is 59.2 Å². The molecule has 22 heavy (non-hydrogen) atoms. The van der Waals surface area contributed by atoms with Crippen molar-refractivity contribution in [2.45, 2.75) is 33.9 Å². The molecule has 3 aromatic rings. The maximum atomic E-state index is 13.0. The lowest BCUT2D eigenvalue weighted by Crippen LogP contribution is -2.05. The average molecular weight is 297 g/mol. The van der Waals surface area contributed by atoms with Gasteiger partial charge in [0.05, 0.1) is 5.52 Å². The van der Waals surface area contributed by atoms with Crippen molar-refractivity contribution in [3.8, 4) is 0 Å². The minimum absolute atomic E-state index is 0.213. The van der Waals surface area contributed by atoms with Crippen LogP contribution in [0.3, 0.4) is 0 Å². The third kappa shape index (κ3) is 2.45.